The highest BCUT2D eigenvalue weighted by Crippen LogP contribution is 2.28. The largest absolute Gasteiger partial charge is 0.387 e. The Bertz CT molecular complexity index is 538. The number of hydrogen-bond acceptors (Lipinski definition) is 2. The number of hydrogen-bond donors (Lipinski definition) is 1. The summed E-state index contributed by atoms with van der Waals surface area (Å²) in [5, 5.41) is 10.2. The molecule has 4 heteroatoms. The van der Waals surface area contributed by atoms with Crippen LogP contribution in [-0.2, 0) is 12.8 Å². The van der Waals surface area contributed by atoms with Gasteiger partial charge in [0.1, 0.15) is 5.82 Å². The van der Waals surface area contributed by atoms with Crippen molar-refractivity contribution < 1.29 is 9.50 Å². The first kappa shape index (κ1) is 13.5. The van der Waals surface area contributed by atoms with Gasteiger partial charge in [0.25, 0.3) is 0 Å². The Kier molecular flexibility index (Phi) is 4.38. The molecule has 18 heavy (non-hydrogen) atoms. The number of rotatable bonds is 4. The van der Waals surface area contributed by atoms with E-state index in [4.69, 9.17) is 11.6 Å². The van der Waals surface area contributed by atoms with Crippen molar-refractivity contribution in [3.63, 3.8) is 0 Å². The van der Waals surface area contributed by atoms with E-state index in [2.05, 4.69) is 6.92 Å². The molecule has 96 valence electrons. The minimum Gasteiger partial charge on any atom is -0.387 e. The number of halogens is 2. The maximum atomic E-state index is 13.7. The first-order chi connectivity index (χ1) is 8.61. The molecule has 0 radical (unpaired) electrons. The van der Waals surface area contributed by atoms with Gasteiger partial charge in [0.05, 0.1) is 11.1 Å². The van der Waals surface area contributed by atoms with Gasteiger partial charge in [-0.15, -0.1) is 11.3 Å². The topological polar surface area (TPSA) is 20.2 Å². The van der Waals surface area contributed by atoms with Crippen LogP contribution < -0.4 is 0 Å². The van der Waals surface area contributed by atoms with Crippen molar-refractivity contribution >= 4 is 22.9 Å². The fraction of sp³-hybridized carbons (Fsp3) is 0.286. The van der Waals surface area contributed by atoms with Gasteiger partial charge in [0, 0.05) is 16.2 Å². The van der Waals surface area contributed by atoms with Crippen LogP contribution in [0.25, 0.3) is 0 Å². The van der Waals surface area contributed by atoms with Crippen molar-refractivity contribution in [3.8, 4) is 0 Å². The minimum atomic E-state index is -0.678. The molecule has 1 heterocycles. The number of aliphatic hydroxyl groups excluding tert-OH is 1. The van der Waals surface area contributed by atoms with Crippen molar-refractivity contribution in [2.75, 3.05) is 0 Å². The quantitative estimate of drug-likeness (QED) is 0.883. The minimum absolute atomic E-state index is 0.0973. The lowest BCUT2D eigenvalue weighted by Crippen LogP contribution is -2.02. The zero-order valence-electron chi connectivity index (χ0n) is 9.99. The molecule has 1 N–H and O–H groups in total. The second kappa shape index (κ2) is 5.83. The SMILES string of the molecule is CCc1ccc(C(O)Cc2cccc(Cl)c2F)s1. The van der Waals surface area contributed by atoms with Gasteiger partial charge in [-0.3, -0.25) is 0 Å². The molecule has 1 atom stereocenters. The van der Waals surface area contributed by atoms with E-state index in [1.165, 1.54) is 10.9 Å². The summed E-state index contributed by atoms with van der Waals surface area (Å²) in [6, 6.07) is 8.75. The molecule has 0 aliphatic rings. The maximum Gasteiger partial charge on any atom is 0.145 e. The molecular formula is C14H14ClFOS. The average molecular weight is 285 g/mol. The Hall–Kier alpha value is -0.900. The smallest absolute Gasteiger partial charge is 0.145 e. The van der Waals surface area contributed by atoms with Crippen molar-refractivity contribution in [1.82, 2.24) is 0 Å². The van der Waals surface area contributed by atoms with Crippen molar-refractivity contribution in [2.24, 2.45) is 0 Å². The summed E-state index contributed by atoms with van der Waals surface area (Å²) in [4.78, 5) is 2.09. The zero-order chi connectivity index (χ0) is 13.1. The standard InChI is InChI=1S/C14H14ClFOS/c1-2-10-6-7-13(18-10)12(17)8-9-4-3-5-11(15)14(9)16/h3-7,12,17H,2,8H2,1H3. The van der Waals surface area contributed by atoms with E-state index in [0.717, 1.165) is 11.3 Å². The second-order valence-electron chi connectivity index (χ2n) is 4.09. The summed E-state index contributed by atoms with van der Waals surface area (Å²) in [6.45, 7) is 2.07. The van der Waals surface area contributed by atoms with Crippen LogP contribution in [0, 0.1) is 5.82 Å². The molecule has 0 aliphatic heterocycles. The van der Waals surface area contributed by atoms with Crippen LogP contribution >= 0.6 is 22.9 Å². The van der Waals surface area contributed by atoms with E-state index in [9.17, 15) is 9.50 Å². The molecule has 0 saturated heterocycles. The summed E-state index contributed by atoms with van der Waals surface area (Å²) in [5.74, 6) is -0.439. The van der Waals surface area contributed by atoms with E-state index in [-0.39, 0.29) is 11.4 Å². The van der Waals surface area contributed by atoms with Gasteiger partial charge in [-0.05, 0) is 30.2 Å². The number of aryl methyl sites for hydroxylation is 1. The molecule has 2 aromatic rings. The van der Waals surface area contributed by atoms with E-state index >= 15 is 0 Å². The Morgan fingerprint density at radius 3 is 2.78 bits per heavy atom. The molecule has 0 spiro atoms. The van der Waals surface area contributed by atoms with Crippen LogP contribution in [0.4, 0.5) is 4.39 Å². The Balaban J connectivity index is 2.15. The van der Waals surface area contributed by atoms with Gasteiger partial charge in [0.2, 0.25) is 0 Å². The number of thiophene rings is 1. The normalized spacial score (nSPS) is 12.7. The van der Waals surface area contributed by atoms with Crippen molar-refractivity contribution in [3.05, 3.63) is 56.5 Å². The van der Waals surface area contributed by atoms with Crippen LogP contribution in [-0.4, -0.2) is 5.11 Å². The molecule has 1 aromatic heterocycles. The number of benzene rings is 1. The molecule has 1 nitrogen and oxygen atoms in total. The van der Waals surface area contributed by atoms with Crippen LogP contribution in [0.15, 0.2) is 30.3 Å². The lowest BCUT2D eigenvalue weighted by atomic mass is 10.1. The predicted octanol–water partition coefficient (Wildman–Crippen LogP) is 4.38. The summed E-state index contributed by atoms with van der Waals surface area (Å²) in [5.41, 5.74) is 0.446. The number of aliphatic hydroxyl groups is 1. The van der Waals surface area contributed by atoms with Gasteiger partial charge >= 0.3 is 0 Å². The van der Waals surface area contributed by atoms with Crippen molar-refractivity contribution in [2.45, 2.75) is 25.9 Å². The average Bonchev–Trinajstić information content (AvgIpc) is 2.83. The van der Waals surface area contributed by atoms with E-state index in [0.29, 0.717) is 5.56 Å². The highest BCUT2D eigenvalue weighted by Gasteiger charge is 2.14. The summed E-state index contributed by atoms with van der Waals surface area (Å²) in [7, 11) is 0. The molecule has 1 unspecified atom stereocenters. The maximum absolute atomic E-state index is 13.7. The van der Waals surface area contributed by atoms with E-state index in [1.807, 2.05) is 12.1 Å². The fourth-order valence-corrected chi connectivity index (χ4v) is 2.91. The highest BCUT2D eigenvalue weighted by atomic mass is 35.5. The molecule has 0 fully saturated rings. The van der Waals surface area contributed by atoms with E-state index in [1.54, 1.807) is 23.5 Å². The van der Waals surface area contributed by atoms with Crippen LogP contribution in [0.3, 0.4) is 0 Å². The summed E-state index contributed by atoms with van der Waals surface area (Å²) >= 11 is 7.28. The Morgan fingerprint density at radius 2 is 2.11 bits per heavy atom. The fourth-order valence-electron chi connectivity index (χ4n) is 1.78. The second-order valence-corrected chi connectivity index (χ2v) is 5.70. The summed E-state index contributed by atoms with van der Waals surface area (Å²) < 4.78 is 13.7. The lowest BCUT2D eigenvalue weighted by molar-refractivity contribution is 0.181. The monoisotopic (exact) mass is 284 g/mol. The molecule has 2 rings (SSSR count). The van der Waals surface area contributed by atoms with Gasteiger partial charge in [-0.25, -0.2) is 4.39 Å². The highest BCUT2D eigenvalue weighted by molar-refractivity contribution is 7.12. The molecule has 0 amide bonds. The Morgan fingerprint density at radius 1 is 1.33 bits per heavy atom. The van der Waals surface area contributed by atoms with Gasteiger partial charge in [-0.2, -0.15) is 0 Å². The van der Waals surface area contributed by atoms with Gasteiger partial charge in [-0.1, -0.05) is 30.7 Å². The molecule has 0 saturated carbocycles. The van der Waals surface area contributed by atoms with Gasteiger partial charge in [0.15, 0.2) is 0 Å². The lowest BCUT2D eigenvalue weighted by Gasteiger charge is -2.10. The third-order valence-electron chi connectivity index (χ3n) is 2.80. The Labute approximate surface area is 115 Å². The molecule has 0 aliphatic carbocycles. The van der Waals surface area contributed by atoms with Crippen LogP contribution in [0.5, 0.6) is 0 Å². The zero-order valence-corrected chi connectivity index (χ0v) is 11.6. The van der Waals surface area contributed by atoms with Crippen molar-refractivity contribution in [1.29, 1.82) is 0 Å². The molecular weight excluding hydrogens is 271 g/mol. The summed E-state index contributed by atoms with van der Waals surface area (Å²) in [6.07, 6.45) is 0.516. The third-order valence-corrected chi connectivity index (χ3v) is 4.43. The first-order valence-electron chi connectivity index (χ1n) is 5.81. The van der Waals surface area contributed by atoms with Crippen LogP contribution in [0.2, 0.25) is 5.02 Å². The molecule has 0 bridgehead atoms. The van der Waals surface area contributed by atoms with Gasteiger partial charge < -0.3 is 5.11 Å². The first-order valence-corrected chi connectivity index (χ1v) is 7.00. The molecule has 1 aromatic carbocycles. The van der Waals surface area contributed by atoms with E-state index < -0.39 is 11.9 Å². The third kappa shape index (κ3) is 2.91. The van der Waals surface area contributed by atoms with Crippen LogP contribution in [0.1, 0.15) is 28.3 Å². The predicted molar refractivity (Wildman–Crippen MR) is 73.8 cm³/mol.